The molecule has 0 aliphatic carbocycles. The van der Waals surface area contributed by atoms with Crippen molar-refractivity contribution in [2.45, 2.75) is 51.7 Å². The number of piperidine rings is 2. The number of fused-ring (bicyclic) bond motifs is 1. The summed E-state index contributed by atoms with van der Waals surface area (Å²) in [6, 6.07) is 10.6. The molecular formula is C39H45FN8O6S. The maximum Gasteiger partial charge on any atom is 0.274 e. The highest BCUT2D eigenvalue weighted by Crippen LogP contribution is 2.35. The molecule has 0 bridgehead atoms. The topological polar surface area (TPSA) is 158 Å². The molecular weight excluding hydrogens is 728 g/mol. The van der Waals surface area contributed by atoms with Gasteiger partial charge in [0.15, 0.2) is 5.13 Å². The first-order valence-electron chi connectivity index (χ1n) is 18.7. The lowest BCUT2D eigenvalue weighted by atomic mass is 9.95. The normalized spacial score (nSPS) is 18.5. The Bertz CT molecular complexity index is 2170. The number of halogens is 1. The number of thiazole rings is 1. The lowest BCUT2D eigenvalue weighted by Crippen LogP contribution is -2.52. The van der Waals surface area contributed by atoms with Crippen molar-refractivity contribution in [3.8, 4) is 5.75 Å². The first kappa shape index (κ1) is 37.9. The molecule has 0 radical (unpaired) electrons. The van der Waals surface area contributed by atoms with E-state index in [1.807, 2.05) is 13.8 Å². The molecule has 3 aliphatic heterocycles. The minimum Gasteiger partial charge on any atom is -0.490 e. The van der Waals surface area contributed by atoms with Crippen molar-refractivity contribution < 1.29 is 28.3 Å². The van der Waals surface area contributed by atoms with Crippen LogP contribution in [0.4, 0.5) is 20.9 Å². The summed E-state index contributed by atoms with van der Waals surface area (Å²) in [5.41, 5.74) is 1.57. The summed E-state index contributed by atoms with van der Waals surface area (Å²) in [5.74, 6) is -1.79. The third-order valence-corrected chi connectivity index (χ3v) is 11.4. The molecule has 1 atom stereocenters. The third kappa shape index (κ3) is 8.65. The van der Waals surface area contributed by atoms with Crippen LogP contribution >= 0.6 is 11.3 Å². The molecule has 5 heterocycles. The zero-order chi connectivity index (χ0) is 38.8. The van der Waals surface area contributed by atoms with E-state index in [-0.39, 0.29) is 41.7 Å². The van der Waals surface area contributed by atoms with Crippen molar-refractivity contribution in [1.29, 1.82) is 0 Å². The maximum absolute atomic E-state index is 15.1. The van der Waals surface area contributed by atoms with Gasteiger partial charge in [-0.25, -0.2) is 9.37 Å². The second kappa shape index (κ2) is 16.2. The Labute approximate surface area is 321 Å². The SMILES string of the molecule is CC(C)Oc1cc2nc(N3CCN(CC4CCN(c5ccc(C(=O)NC6CCC(=O)NC6=O)c(F)c5)CC4)CC3)sc2cc1C(=O)Nc1cccn(C)c1=O. The second-order valence-electron chi connectivity index (χ2n) is 14.6. The Kier molecular flexibility index (Phi) is 11.2. The molecule has 16 heteroatoms. The number of benzene rings is 2. The van der Waals surface area contributed by atoms with Crippen molar-refractivity contribution in [2.24, 2.45) is 13.0 Å². The fraction of sp³-hybridized carbons (Fsp3) is 0.436. The van der Waals surface area contributed by atoms with Gasteiger partial charge < -0.3 is 29.7 Å². The first-order valence-corrected chi connectivity index (χ1v) is 19.5. The Morgan fingerprint density at radius 3 is 2.44 bits per heavy atom. The fourth-order valence-corrected chi connectivity index (χ4v) is 8.34. The van der Waals surface area contributed by atoms with Gasteiger partial charge in [-0.15, -0.1) is 0 Å². The van der Waals surface area contributed by atoms with Crippen LogP contribution < -0.4 is 36.0 Å². The number of imide groups is 1. The molecule has 4 amide bonds. The summed E-state index contributed by atoms with van der Waals surface area (Å²) in [7, 11) is 1.63. The van der Waals surface area contributed by atoms with Crippen molar-refractivity contribution in [1.82, 2.24) is 25.1 Å². The van der Waals surface area contributed by atoms with Gasteiger partial charge in [-0.1, -0.05) is 11.3 Å². The van der Waals surface area contributed by atoms with E-state index >= 15 is 4.39 Å². The highest BCUT2D eigenvalue weighted by atomic mass is 32.1. The first-order chi connectivity index (χ1) is 26.4. The zero-order valence-corrected chi connectivity index (χ0v) is 31.9. The number of hydrogen-bond acceptors (Lipinski definition) is 11. The summed E-state index contributed by atoms with van der Waals surface area (Å²) in [4.78, 5) is 73.9. The van der Waals surface area contributed by atoms with Gasteiger partial charge >= 0.3 is 0 Å². The number of carbonyl (C=O) groups excluding carboxylic acids is 4. The number of ether oxygens (including phenoxy) is 1. The summed E-state index contributed by atoms with van der Waals surface area (Å²) in [6.45, 7) is 9.76. The van der Waals surface area contributed by atoms with Crippen LogP contribution in [0.3, 0.4) is 0 Å². The molecule has 2 aromatic carbocycles. The number of piperazine rings is 1. The molecule has 3 aliphatic rings. The van der Waals surface area contributed by atoms with E-state index in [4.69, 9.17) is 9.72 Å². The quantitative estimate of drug-likeness (QED) is 0.203. The summed E-state index contributed by atoms with van der Waals surface area (Å²) in [5, 5.41) is 8.37. The molecule has 3 fully saturated rings. The standard InChI is InChI=1S/C39H45FN8O6S/c1-23(2)54-32-21-31-33(20-27(32)36(51)42-30-5-4-12-45(3)38(30)53)55-39(43-31)48-17-15-46(16-18-48)22-24-10-13-47(14-11-24)25-6-7-26(28(40)19-25)35(50)41-29-8-9-34(49)44-37(29)52/h4-7,12,19-21,23-24,29H,8-11,13-18,22H2,1-3H3,(H,41,50)(H,42,51)(H,44,49,52). The second-order valence-corrected chi connectivity index (χ2v) is 15.6. The number of rotatable bonds is 10. The average Bonchev–Trinajstić information content (AvgIpc) is 3.57. The summed E-state index contributed by atoms with van der Waals surface area (Å²) in [6.07, 6.45) is 3.70. The Hall–Kier alpha value is -5.35. The lowest BCUT2D eigenvalue weighted by molar-refractivity contribution is -0.134. The van der Waals surface area contributed by atoms with E-state index in [1.165, 1.54) is 28.0 Å². The van der Waals surface area contributed by atoms with Crippen LogP contribution in [0.1, 0.15) is 60.2 Å². The monoisotopic (exact) mass is 772 g/mol. The van der Waals surface area contributed by atoms with Crippen molar-refractivity contribution in [3.63, 3.8) is 0 Å². The van der Waals surface area contributed by atoms with Gasteiger partial charge in [0.25, 0.3) is 17.4 Å². The van der Waals surface area contributed by atoms with Gasteiger partial charge in [-0.05, 0) is 75.4 Å². The molecule has 3 N–H and O–H groups in total. The van der Waals surface area contributed by atoms with E-state index in [9.17, 15) is 24.0 Å². The Balaban J connectivity index is 0.915. The fourth-order valence-electron chi connectivity index (χ4n) is 7.30. The number of carbonyl (C=O) groups is 4. The van der Waals surface area contributed by atoms with Gasteiger partial charge in [0.05, 0.1) is 27.4 Å². The maximum atomic E-state index is 15.1. The van der Waals surface area contributed by atoms with Crippen molar-refractivity contribution in [3.05, 3.63) is 76.0 Å². The van der Waals surface area contributed by atoms with Gasteiger partial charge in [-0.3, -0.25) is 34.2 Å². The minimum absolute atomic E-state index is 0.122. The molecule has 4 aromatic rings. The van der Waals surface area contributed by atoms with Crippen LogP contribution in [0.25, 0.3) is 10.2 Å². The van der Waals surface area contributed by atoms with Crippen LogP contribution in [0.15, 0.2) is 53.5 Å². The van der Waals surface area contributed by atoms with E-state index in [0.29, 0.717) is 17.2 Å². The highest BCUT2D eigenvalue weighted by molar-refractivity contribution is 7.22. The van der Waals surface area contributed by atoms with Gasteiger partial charge in [-0.2, -0.15) is 0 Å². The van der Waals surface area contributed by atoms with Crippen LogP contribution in [0, 0.1) is 11.7 Å². The molecule has 14 nitrogen and oxygen atoms in total. The van der Waals surface area contributed by atoms with E-state index in [2.05, 4.69) is 30.7 Å². The number of nitrogens with one attached hydrogen (secondary N) is 3. The van der Waals surface area contributed by atoms with Gasteiger partial charge in [0.2, 0.25) is 11.8 Å². The minimum atomic E-state index is -0.868. The van der Waals surface area contributed by atoms with Crippen LogP contribution in [-0.2, 0) is 16.6 Å². The smallest absolute Gasteiger partial charge is 0.274 e. The largest absolute Gasteiger partial charge is 0.490 e. The van der Waals surface area contributed by atoms with Gasteiger partial charge in [0, 0.05) is 77.2 Å². The van der Waals surface area contributed by atoms with E-state index in [0.717, 1.165) is 79.7 Å². The van der Waals surface area contributed by atoms with E-state index in [1.54, 1.807) is 43.6 Å². The molecule has 7 rings (SSSR count). The number of aromatic nitrogens is 2. The molecule has 1 unspecified atom stereocenters. The van der Waals surface area contributed by atoms with Crippen LogP contribution in [0.2, 0.25) is 0 Å². The third-order valence-electron chi connectivity index (χ3n) is 10.3. The van der Waals surface area contributed by atoms with Crippen molar-refractivity contribution in [2.75, 3.05) is 60.9 Å². The number of anilines is 3. The molecule has 55 heavy (non-hydrogen) atoms. The predicted molar refractivity (Wildman–Crippen MR) is 209 cm³/mol. The molecule has 3 saturated heterocycles. The predicted octanol–water partition coefficient (Wildman–Crippen LogP) is 3.75. The lowest BCUT2D eigenvalue weighted by Gasteiger charge is -2.39. The molecule has 0 saturated carbocycles. The van der Waals surface area contributed by atoms with Gasteiger partial charge in [0.1, 0.15) is 23.3 Å². The molecule has 290 valence electrons. The number of amides is 4. The van der Waals surface area contributed by atoms with E-state index < -0.39 is 29.6 Å². The van der Waals surface area contributed by atoms with Crippen LogP contribution in [-0.4, -0.2) is 96.0 Å². The number of nitrogens with zero attached hydrogens (tertiary/aromatic N) is 5. The summed E-state index contributed by atoms with van der Waals surface area (Å²) >= 11 is 1.53. The number of hydrogen-bond donors (Lipinski definition) is 3. The highest BCUT2D eigenvalue weighted by Gasteiger charge is 2.30. The molecule has 0 spiro atoms. The molecule has 2 aromatic heterocycles. The Morgan fingerprint density at radius 2 is 1.73 bits per heavy atom. The Morgan fingerprint density at radius 1 is 0.964 bits per heavy atom. The zero-order valence-electron chi connectivity index (χ0n) is 31.1. The van der Waals surface area contributed by atoms with Crippen LogP contribution in [0.5, 0.6) is 5.75 Å². The number of pyridine rings is 1. The summed E-state index contributed by atoms with van der Waals surface area (Å²) < 4.78 is 23.4. The number of aryl methyl sites for hydroxylation is 1. The van der Waals surface area contributed by atoms with Crippen molar-refractivity contribution >= 4 is 61.7 Å². The average molecular weight is 773 g/mol.